The number of carbonyl (C=O) groups is 1. The van der Waals surface area contributed by atoms with Crippen LogP contribution in [0.2, 0.25) is 5.02 Å². The van der Waals surface area contributed by atoms with Gasteiger partial charge in [0.25, 0.3) is 0 Å². The SMILES string of the molecule is CC(C)CCN(C)S(=O)(=O)c1cc(Br)c(Cl)c(C(=O)O)c1. The monoisotopic (exact) mass is 397 g/mol. The molecule has 5 nitrogen and oxygen atoms in total. The Hall–Kier alpha value is -0.630. The highest BCUT2D eigenvalue weighted by Crippen LogP contribution is 2.31. The van der Waals surface area contributed by atoms with Gasteiger partial charge in [0.2, 0.25) is 10.0 Å². The number of hydrogen-bond acceptors (Lipinski definition) is 3. The van der Waals surface area contributed by atoms with Gasteiger partial charge in [-0.05, 0) is 40.4 Å². The van der Waals surface area contributed by atoms with Gasteiger partial charge in [-0.25, -0.2) is 17.5 Å². The molecule has 0 spiro atoms. The van der Waals surface area contributed by atoms with Crippen LogP contribution < -0.4 is 0 Å². The molecule has 118 valence electrons. The van der Waals surface area contributed by atoms with Gasteiger partial charge < -0.3 is 5.11 Å². The van der Waals surface area contributed by atoms with Crippen LogP contribution in [0.1, 0.15) is 30.6 Å². The second-order valence-corrected chi connectivity index (χ2v) is 8.36. The first kappa shape index (κ1) is 18.4. The molecule has 0 unspecified atom stereocenters. The molecule has 1 rings (SSSR count). The van der Waals surface area contributed by atoms with Gasteiger partial charge >= 0.3 is 5.97 Å². The lowest BCUT2D eigenvalue weighted by Gasteiger charge is -2.19. The van der Waals surface area contributed by atoms with Crippen molar-refractivity contribution in [2.45, 2.75) is 25.2 Å². The van der Waals surface area contributed by atoms with Gasteiger partial charge in [-0.1, -0.05) is 25.4 Å². The maximum atomic E-state index is 12.5. The molecular weight excluding hydrogens is 382 g/mol. The van der Waals surface area contributed by atoms with Crippen LogP contribution in [0.5, 0.6) is 0 Å². The fourth-order valence-electron chi connectivity index (χ4n) is 1.61. The minimum Gasteiger partial charge on any atom is -0.478 e. The van der Waals surface area contributed by atoms with E-state index < -0.39 is 16.0 Å². The Kier molecular flexibility index (Phi) is 6.22. The predicted molar refractivity (Wildman–Crippen MR) is 85.4 cm³/mol. The lowest BCUT2D eigenvalue weighted by atomic mass is 10.1. The van der Waals surface area contributed by atoms with E-state index in [1.54, 1.807) is 0 Å². The van der Waals surface area contributed by atoms with Crippen molar-refractivity contribution in [1.29, 1.82) is 0 Å². The van der Waals surface area contributed by atoms with E-state index in [9.17, 15) is 13.2 Å². The molecule has 8 heteroatoms. The Morgan fingerprint density at radius 3 is 2.48 bits per heavy atom. The second kappa shape index (κ2) is 7.09. The molecule has 0 saturated heterocycles. The fraction of sp³-hybridized carbons (Fsp3) is 0.462. The Morgan fingerprint density at radius 2 is 2.00 bits per heavy atom. The minimum atomic E-state index is -3.75. The number of carboxylic acid groups (broad SMARTS) is 1. The van der Waals surface area contributed by atoms with E-state index >= 15 is 0 Å². The lowest BCUT2D eigenvalue weighted by Crippen LogP contribution is -2.29. The van der Waals surface area contributed by atoms with Gasteiger partial charge in [0, 0.05) is 18.1 Å². The van der Waals surface area contributed by atoms with E-state index in [4.69, 9.17) is 16.7 Å². The Labute approximate surface area is 138 Å². The van der Waals surface area contributed by atoms with Crippen molar-refractivity contribution in [3.05, 3.63) is 27.2 Å². The molecule has 0 bridgehead atoms. The molecule has 0 saturated carbocycles. The van der Waals surface area contributed by atoms with Crippen molar-refractivity contribution >= 4 is 43.5 Å². The second-order valence-electron chi connectivity index (χ2n) is 5.08. The zero-order chi connectivity index (χ0) is 16.4. The summed E-state index contributed by atoms with van der Waals surface area (Å²) in [6, 6.07) is 2.40. The number of halogens is 2. The van der Waals surface area contributed by atoms with Crippen LogP contribution >= 0.6 is 27.5 Å². The minimum absolute atomic E-state index is 0.0220. The first-order valence-electron chi connectivity index (χ1n) is 6.26. The molecule has 21 heavy (non-hydrogen) atoms. The molecule has 0 heterocycles. The number of hydrogen-bond donors (Lipinski definition) is 1. The summed E-state index contributed by atoms with van der Waals surface area (Å²) in [6.45, 7) is 4.37. The molecule has 0 aromatic heterocycles. The molecule has 0 atom stereocenters. The van der Waals surface area contributed by atoms with Crippen molar-refractivity contribution in [2.75, 3.05) is 13.6 Å². The highest BCUT2D eigenvalue weighted by atomic mass is 79.9. The van der Waals surface area contributed by atoms with E-state index in [1.165, 1.54) is 17.4 Å². The summed E-state index contributed by atoms with van der Waals surface area (Å²) in [7, 11) is -2.28. The molecule has 0 aliphatic carbocycles. The maximum absolute atomic E-state index is 12.5. The summed E-state index contributed by atoms with van der Waals surface area (Å²) in [4.78, 5) is 11.0. The Morgan fingerprint density at radius 1 is 1.43 bits per heavy atom. The number of sulfonamides is 1. The molecule has 0 radical (unpaired) electrons. The smallest absolute Gasteiger partial charge is 0.337 e. The van der Waals surface area contributed by atoms with Gasteiger partial charge in [0.15, 0.2) is 0 Å². The number of rotatable bonds is 6. The highest BCUT2D eigenvalue weighted by molar-refractivity contribution is 9.10. The third-order valence-electron chi connectivity index (χ3n) is 2.96. The largest absolute Gasteiger partial charge is 0.478 e. The zero-order valence-corrected chi connectivity index (χ0v) is 15.1. The highest BCUT2D eigenvalue weighted by Gasteiger charge is 2.24. The average molecular weight is 399 g/mol. The van der Waals surface area contributed by atoms with Crippen molar-refractivity contribution in [1.82, 2.24) is 4.31 Å². The fourth-order valence-corrected chi connectivity index (χ4v) is 3.65. The molecule has 0 aliphatic heterocycles. The van der Waals surface area contributed by atoms with E-state index in [0.29, 0.717) is 12.5 Å². The molecule has 0 fully saturated rings. The van der Waals surface area contributed by atoms with Gasteiger partial charge in [0.05, 0.1) is 15.5 Å². The molecule has 0 amide bonds. The first-order valence-corrected chi connectivity index (χ1v) is 8.87. The van der Waals surface area contributed by atoms with Crippen molar-refractivity contribution < 1.29 is 18.3 Å². The van der Waals surface area contributed by atoms with Crippen LogP contribution in [0.4, 0.5) is 0 Å². The van der Waals surface area contributed by atoms with Gasteiger partial charge in [0.1, 0.15) is 0 Å². The van der Waals surface area contributed by atoms with Gasteiger partial charge in [-0.15, -0.1) is 0 Å². The number of benzene rings is 1. The normalized spacial score (nSPS) is 12.1. The maximum Gasteiger partial charge on any atom is 0.337 e. The summed E-state index contributed by atoms with van der Waals surface area (Å²) in [6.07, 6.45) is 0.719. The predicted octanol–water partition coefficient (Wildman–Crippen LogP) is 3.47. The van der Waals surface area contributed by atoms with Crippen LogP contribution in [0.15, 0.2) is 21.5 Å². The van der Waals surface area contributed by atoms with E-state index in [0.717, 1.165) is 12.5 Å². The zero-order valence-electron chi connectivity index (χ0n) is 11.9. The standard InChI is InChI=1S/C13H17BrClNO4S/c1-8(2)4-5-16(3)21(19,20)9-6-10(13(17)18)12(15)11(14)7-9/h6-8H,4-5H2,1-3H3,(H,17,18). The van der Waals surface area contributed by atoms with Gasteiger partial charge in [-0.3, -0.25) is 0 Å². The topological polar surface area (TPSA) is 74.7 Å². The summed E-state index contributed by atoms with van der Waals surface area (Å²) in [5.74, 6) is -0.906. The number of nitrogens with zero attached hydrogens (tertiary/aromatic N) is 1. The van der Waals surface area contributed by atoms with E-state index in [1.807, 2.05) is 13.8 Å². The average Bonchev–Trinajstić information content (AvgIpc) is 2.38. The molecule has 1 aromatic rings. The molecule has 0 aliphatic rings. The first-order chi connectivity index (χ1) is 9.57. The van der Waals surface area contributed by atoms with E-state index in [-0.39, 0.29) is 20.0 Å². The molecule has 1 N–H and O–H groups in total. The van der Waals surface area contributed by atoms with Crippen LogP contribution in [-0.2, 0) is 10.0 Å². The third kappa shape index (κ3) is 4.42. The third-order valence-corrected chi connectivity index (χ3v) is 6.06. The Bertz CT molecular complexity index is 646. The summed E-state index contributed by atoms with van der Waals surface area (Å²) < 4.78 is 26.4. The number of aromatic carboxylic acids is 1. The quantitative estimate of drug-likeness (QED) is 0.796. The summed E-state index contributed by atoms with van der Waals surface area (Å²) in [5.41, 5.74) is -0.248. The summed E-state index contributed by atoms with van der Waals surface area (Å²) in [5, 5.41) is 9.06. The summed E-state index contributed by atoms with van der Waals surface area (Å²) >= 11 is 8.95. The van der Waals surface area contributed by atoms with Crippen molar-refractivity contribution in [3.63, 3.8) is 0 Å². The lowest BCUT2D eigenvalue weighted by molar-refractivity contribution is 0.0696. The Balaban J connectivity index is 3.23. The molecule has 1 aromatic carbocycles. The van der Waals surface area contributed by atoms with Crippen LogP contribution in [0.25, 0.3) is 0 Å². The van der Waals surface area contributed by atoms with Crippen LogP contribution in [0.3, 0.4) is 0 Å². The van der Waals surface area contributed by atoms with Crippen molar-refractivity contribution in [3.8, 4) is 0 Å². The number of carboxylic acids is 1. The van der Waals surface area contributed by atoms with Crippen LogP contribution in [-0.4, -0.2) is 37.4 Å². The van der Waals surface area contributed by atoms with Crippen LogP contribution in [0, 0.1) is 5.92 Å². The van der Waals surface area contributed by atoms with Gasteiger partial charge in [-0.2, -0.15) is 0 Å². The van der Waals surface area contributed by atoms with Crippen molar-refractivity contribution in [2.24, 2.45) is 5.92 Å². The molecular formula is C13H17BrClNO4S. The van der Waals surface area contributed by atoms with E-state index in [2.05, 4.69) is 15.9 Å².